The molecule has 78 valence electrons. The average Bonchev–Trinajstić information content (AvgIpc) is 2.57. The Morgan fingerprint density at radius 2 is 2.07 bits per heavy atom. The highest BCUT2D eigenvalue weighted by molar-refractivity contribution is 7.81. The van der Waals surface area contributed by atoms with Crippen molar-refractivity contribution in [3.63, 3.8) is 0 Å². The summed E-state index contributed by atoms with van der Waals surface area (Å²) < 4.78 is 5.39. The molecule has 0 spiro atoms. The van der Waals surface area contributed by atoms with Gasteiger partial charge in [-0.25, -0.2) is 0 Å². The van der Waals surface area contributed by atoms with Crippen LogP contribution in [0, 0.1) is 0 Å². The largest absolute Gasteiger partial charge is 0.439 e. The standard InChI is InChI=1S/C11H12N2OS/c1-11(15)13-12-10(14-11)8-7-9-5-3-2-4-6-9/h2-8,13,15H,1H3/b8-7+. The molecular formula is C11H12N2OS. The van der Waals surface area contributed by atoms with E-state index in [0.29, 0.717) is 5.90 Å². The Balaban J connectivity index is 2.02. The Morgan fingerprint density at radius 3 is 2.67 bits per heavy atom. The predicted molar refractivity (Wildman–Crippen MR) is 64.5 cm³/mol. The van der Waals surface area contributed by atoms with E-state index in [9.17, 15) is 0 Å². The monoisotopic (exact) mass is 220 g/mol. The maximum atomic E-state index is 5.39. The van der Waals surface area contributed by atoms with Crippen LogP contribution in [0.2, 0.25) is 0 Å². The molecule has 4 heteroatoms. The minimum absolute atomic E-state index is 0.538. The maximum Gasteiger partial charge on any atom is 0.239 e. The van der Waals surface area contributed by atoms with Gasteiger partial charge in [-0.1, -0.05) is 30.3 Å². The molecule has 0 amide bonds. The van der Waals surface area contributed by atoms with Gasteiger partial charge in [0.25, 0.3) is 0 Å². The molecular weight excluding hydrogens is 208 g/mol. The third kappa shape index (κ3) is 2.76. The maximum absolute atomic E-state index is 5.39. The zero-order chi connectivity index (χ0) is 10.7. The second-order valence-electron chi connectivity index (χ2n) is 3.39. The normalized spacial score (nSPS) is 24.8. The van der Waals surface area contributed by atoms with E-state index < -0.39 is 5.06 Å². The van der Waals surface area contributed by atoms with Crippen LogP contribution in [0.5, 0.6) is 0 Å². The summed E-state index contributed by atoms with van der Waals surface area (Å²) >= 11 is 4.21. The van der Waals surface area contributed by atoms with Gasteiger partial charge < -0.3 is 4.74 Å². The van der Waals surface area contributed by atoms with Gasteiger partial charge in [0.1, 0.15) is 0 Å². The molecule has 1 atom stereocenters. The Bertz CT molecular complexity index is 398. The minimum atomic E-state index is -0.698. The van der Waals surface area contributed by atoms with Crippen molar-refractivity contribution in [2.45, 2.75) is 12.0 Å². The third-order valence-electron chi connectivity index (χ3n) is 1.89. The lowest BCUT2D eigenvalue weighted by atomic mass is 10.2. The van der Waals surface area contributed by atoms with E-state index in [-0.39, 0.29) is 0 Å². The van der Waals surface area contributed by atoms with E-state index in [0.717, 1.165) is 5.56 Å². The van der Waals surface area contributed by atoms with Crippen LogP contribution < -0.4 is 5.43 Å². The molecule has 0 saturated carbocycles. The zero-order valence-corrected chi connectivity index (χ0v) is 9.24. The SMILES string of the molecule is CC1(S)NN=C(/C=C/c2ccccc2)O1. The predicted octanol–water partition coefficient (Wildman–Crippen LogP) is 2.24. The van der Waals surface area contributed by atoms with E-state index in [1.807, 2.05) is 42.5 Å². The number of ether oxygens (including phenoxy) is 1. The summed E-state index contributed by atoms with van der Waals surface area (Å²) in [7, 11) is 0. The number of hydrogen-bond acceptors (Lipinski definition) is 4. The van der Waals surface area contributed by atoms with Crippen molar-refractivity contribution in [3.8, 4) is 0 Å². The summed E-state index contributed by atoms with van der Waals surface area (Å²) in [6.45, 7) is 1.79. The fourth-order valence-electron chi connectivity index (χ4n) is 1.21. The zero-order valence-electron chi connectivity index (χ0n) is 8.34. The molecule has 0 fully saturated rings. The lowest BCUT2D eigenvalue weighted by molar-refractivity contribution is 0.174. The number of hydrazone groups is 1. The molecule has 1 aromatic rings. The van der Waals surface area contributed by atoms with E-state index in [2.05, 4.69) is 23.2 Å². The van der Waals surface area contributed by atoms with E-state index in [1.54, 1.807) is 6.92 Å². The third-order valence-corrected chi connectivity index (χ3v) is 2.09. The summed E-state index contributed by atoms with van der Waals surface area (Å²) in [5, 5.41) is 3.29. The first kappa shape index (κ1) is 10.1. The molecule has 0 saturated heterocycles. The van der Waals surface area contributed by atoms with Crippen molar-refractivity contribution in [2.75, 3.05) is 0 Å². The van der Waals surface area contributed by atoms with Crippen LogP contribution in [-0.2, 0) is 4.74 Å². The molecule has 1 N–H and O–H groups in total. The molecule has 15 heavy (non-hydrogen) atoms. The fourth-order valence-corrected chi connectivity index (χ4v) is 1.35. The van der Waals surface area contributed by atoms with Gasteiger partial charge in [-0.3, -0.25) is 5.43 Å². The Labute approximate surface area is 94.2 Å². The second kappa shape index (κ2) is 3.98. The van der Waals surface area contributed by atoms with Crippen molar-refractivity contribution in [1.82, 2.24) is 5.43 Å². The summed E-state index contributed by atoms with van der Waals surface area (Å²) in [4.78, 5) is 0. The highest BCUT2D eigenvalue weighted by atomic mass is 32.1. The number of benzene rings is 1. The van der Waals surface area contributed by atoms with Crippen LogP contribution in [0.4, 0.5) is 0 Å². The van der Waals surface area contributed by atoms with E-state index >= 15 is 0 Å². The summed E-state index contributed by atoms with van der Waals surface area (Å²) in [5.41, 5.74) is 3.87. The highest BCUT2D eigenvalue weighted by Gasteiger charge is 2.26. The number of nitrogens with one attached hydrogen (secondary N) is 1. The van der Waals surface area contributed by atoms with Gasteiger partial charge in [0.15, 0.2) is 0 Å². The molecule has 3 nitrogen and oxygen atoms in total. The van der Waals surface area contributed by atoms with Crippen molar-refractivity contribution in [3.05, 3.63) is 42.0 Å². The molecule has 1 aromatic carbocycles. The molecule has 0 aliphatic carbocycles. The van der Waals surface area contributed by atoms with Gasteiger partial charge in [0.05, 0.1) is 0 Å². The van der Waals surface area contributed by atoms with Crippen LogP contribution in [0.15, 0.2) is 41.5 Å². The van der Waals surface area contributed by atoms with Gasteiger partial charge in [0.2, 0.25) is 11.0 Å². The van der Waals surface area contributed by atoms with E-state index in [4.69, 9.17) is 4.74 Å². The first-order valence-corrected chi connectivity index (χ1v) is 5.10. The van der Waals surface area contributed by atoms with E-state index in [1.165, 1.54) is 0 Å². The molecule has 1 aliphatic rings. The molecule has 1 unspecified atom stereocenters. The number of nitrogens with zero attached hydrogens (tertiary/aromatic N) is 1. The highest BCUT2D eigenvalue weighted by Crippen LogP contribution is 2.17. The van der Waals surface area contributed by atoms with Gasteiger partial charge in [0, 0.05) is 13.0 Å². The Morgan fingerprint density at radius 1 is 1.33 bits per heavy atom. The van der Waals surface area contributed by atoms with Crippen molar-refractivity contribution < 1.29 is 4.74 Å². The van der Waals surface area contributed by atoms with Crippen molar-refractivity contribution in [2.24, 2.45) is 5.10 Å². The summed E-state index contributed by atoms with van der Waals surface area (Å²) in [5.74, 6) is 0.538. The van der Waals surface area contributed by atoms with Crippen LogP contribution in [-0.4, -0.2) is 11.0 Å². The molecule has 1 heterocycles. The molecule has 2 rings (SSSR count). The quantitative estimate of drug-likeness (QED) is 0.749. The Kier molecular flexibility index (Phi) is 2.68. The first-order chi connectivity index (χ1) is 7.16. The number of thiol groups is 1. The van der Waals surface area contributed by atoms with Crippen molar-refractivity contribution >= 4 is 24.6 Å². The van der Waals surface area contributed by atoms with Crippen LogP contribution in [0.25, 0.3) is 6.08 Å². The Hall–Kier alpha value is -1.42. The smallest absolute Gasteiger partial charge is 0.239 e. The number of hydrogen-bond donors (Lipinski definition) is 2. The van der Waals surface area contributed by atoms with Crippen LogP contribution >= 0.6 is 12.6 Å². The lowest BCUT2D eigenvalue weighted by Crippen LogP contribution is -2.30. The molecule has 0 bridgehead atoms. The van der Waals surface area contributed by atoms with Crippen LogP contribution in [0.1, 0.15) is 12.5 Å². The molecule has 0 aromatic heterocycles. The fraction of sp³-hybridized carbons (Fsp3) is 0.182. The number of rotatable bonds is 2. The van der Waals surface area contributed by atoms with Gasteiger partial charge in [-0.05, 0) is 11.6 Å². The lowest BCUT2D eigenvalue weighted by Gasteiger charge is -2.14. The van der Waals surface area contributed by atoms with Gasteiger partial charge in [-0.15, -0.1) is 17.7 Å². The van der Waals surface area contributed by atoms with Gasteiger partial charge >= 0.3 is 0 Å². The van der Waals surface area contributed by atoms with Crippen LogP contribution in [0.3, 0.4) is 0 Å². The topological polar surface area (TPSA) is 33.6 Å². The minimum Gasteiger partial charge on any atom is -0.439 e. The average molecular weight is 220 g/mol. The van der Waals surface area contributed by atoms with Crippen molar-refractivity contribution in [1.29, 1.82) is 0 Å². The first-order valence-electron chi connectivity index (χ1n) is 4.65. The molecule has 1 aliphatic heterocycles. The van der Waals surface area contributed by atoms with Gasteiger partial charge in [-0.2, -0.15) is 0 Å². The molecule has 0 radical (unpaired) electrons. The summed E-state index contributed by atoms with van der Waals surface area (Å²) in [6, 6.07) is 9.97. The second-order valence-corrected chi connectivity index (χ2v) is 4.24. The summed E-state index contributed by atoms with van der Waals surface area (Å²) in [6.07, 6.45) is 3.75.